The molecule has 0 saturated heterocycles. The molecule has 1 aromatic heterocycles. The van der Waals surface area contributed by atoms with Crippen LogP contribution in [0.1, 0.15) is 0 Å². The largest absolute Gasteiger partial charge is 0.197 e. The third kappa shape index (κ3) is 1.38. The monoisotopic (exact) mass is 216 g/mol. The zero-order chi connectivity index (χ0) is 6.97. The first kappa shape index (κ1) is 8.53. The predicted molar refractivity (Wildman–Crippen MR) is 38.9 cm³/mol. The van der Waals surface area contributed by atoms with Gasteiger partial charge in [-0.05, 0) is 12.1 Å². The van der Waals surface area contributed by atoms with E-state index in [-0.39, 0.29) is 17.1 Å². The molecule has 1 radical (unpaired) electrons. The fourth-order valence-corrected chi connectivity index (χ4v) is 1.05. The molecule has 0 bridgehead atoms. The summed E-state index contributed by atoms with van der Waals surface area (Å²) in [5, 5.41) is 10.8. The molecule has 0 aliphatic rings. The van der Waals surface area contributed by atoms with Gasteiger partial charge in [-0.1, -0.05) is 17.7 Å². The Balaban J connectivity index is 0.000000605. The van der Waals surface area contributed by atoms with Crippen molar-refractivity contribution in [3.05, 3.63) is 23.2 Å². The second kappa shape index (κ2) is 3.22. The van der Waals surface area contributed by atoms with E-state index in [1.807, 2.05) is 12.1 Å². The van der Waals surface area contributed by atoms with E-state index >= 15 is 0 Å². The van der Waals surface area contributed by atoms with Gasteiger partial charge >= 0.3 is 0 Å². The summed E-state index contributed by atoms with van der Waals surface area (Å²) >= 11 is 5.78. The molecule has 2 aromatic rings. The van der Waals surface area contributed by atoms with Crippen molar-refractivity contribution in [1.82, 2.24) is 15.4 Å². The molecule has 0 spiro atoms. The maximum atomic E-state index is 5.78. The van der Waals surface area contributed by atoms with Gasteiger partial charge < -0.3 is 0 Å². The number of fused-ring (bicyclic) bond motifs is 1. The third-order valence-electron chi connectivity index (χ3n) is 1.30. The number of nitrogens with one attached hydrogen (secondary N) is 1. The molecule has 11 heavy (non-hydrogen) atoms. The fraction of sp³-hybridized carbons (Fsp3) is 0. The third-order valence-corrected chi connectivity index (χ3v) is 1.60. The molecule has 2 rings (SSSR count). The summed E-state index contributed by atoms with van der Waals surface area (Å²) < 4.78 is 0. The number of hydrogen-bond acceptors (Lipinski definition) is 2. The summed E-state index contributed by atoms with van der Waals surface area (Å²) in [6, 6.07) is 5.48. The summed E-state index contributed by atoms with van der Waals surface area (Å²) in [5.74, 6) is 0. The molecular weight excluding hydrogens is 213 g/mol. The Kier molecular flexibility index (Phi) is 2.49. The van der Waals surface area contributed by atoms with Gasteiger partial charge in [-0.15, -0.1) is 0 Å². The van der Waals surface area contributed by atoms with Crippen LogP contribution < -0.4 is 0 Å². The summed E-state index contributed by atoms with van der Waals surface area (Å²) in [6.45, 7) is 0. The molecule has 0 aliphatic carbocycles. The van der Waals surface area contributed by atoms with Gasteiger partial charge in [-0.3, -0.25) is 0 Å². The van der Waals surface area contributed by atoms with Crippen LogP contribution in [0.2, 0.25) is 5.02 Å². The van der Waals surface area contributed by atoms with Gasteiger partial charge in [0.05, 0.1) is 5.02 Å². The molecule has 0 saturated carbocycles. The van der Waals surface area contributed by atoms with Gasteiger partial charge in [0.25, 0.3) is 0 Å². The van der Waals surface area contributed by atoms with E-state index in [1.54, 1.807) is 6.07 Å². The Hall–Kier alpha value is -0.571. The molecule has 1 N–H and O–H groups in total. The molecular formula is C6H4ClCuN3. The molecule has 0 amide bonds. The van der Waals surface area contributed by atoms with E-state index in [9.17, 15) is 0 Å². The molecule has 61 valence electrons. The number of benzene rings is 1. The summed E-state index contributed by atoms with van der Waals surface area (Å²) in [6.07, 6.45) is 0. The van der Waals surface area contributed by atoms with E-state index < -0.39 is 0 Å². The van der Waals surface area contributed by atoms with Crippen molar-refractivity contribution in [1.29, 1.82) is 0 Å². The maximum absolute atomic E-state index is 5.78. The topological polar surface area (TPSA) is 41.6 Å². The summed E-state index contributed by atoms with van der Waals surface area (Å²) in [5.41, 5.74) is 1.52. The van der Waals surface area contributed by atoms with Crippen molar-refractivity contribution < 1.29 is 17.1 Å². The Morgan fingerprint density at radius 1 is 1.27 bits per heavy atom. The van der Waals surface area contributed by atoms with Gasteiger partial charge in [0.15, 0.2) is 0 Å². The van der Waals surface area contributed by atoms with Crippen molar-refractivity contribution in [2.45, 2.75) is 0 Å². The number of rotatable bonds is 0. The normalized spacial score (nSPS) is 9.55. The van der Waals surface area contributed by atoms with Crippen molar-refractivity contribution >= 4 is 22.6 Å². The average molecular weight is 217 g/mol. The second-order valence-corrected chi connectivity index (χ2v) is 2.34. The summed E-state index contributed by atoms with van der Waals surface area (Å²) in [7, 11) is 0. The smallest absolute Gasteiger partial charge is 0.131 e. The summed E-state index contributed by atoms with van der Waals surface area (Å²) in [4.78, 5) is 0. The van der Waals surface area contributed by atoms with Crippen LogP contribution >= 0.6 is 11.6 Å². The molecule has 0 atom stereocenters. The van der Waals surface area contributed by atoms with Crippen LogP contribution in [0.15, 0.2) is 18.2 Å². The number of nitrogens with zero attached hydrogens (tertiary/aromatic N) is 2. The Labute approximate surface area is 78.6 Å². The minimum atomic E-state index is 0. The van der Waals surface area contributed by atoms with Gasteiger partial charge in [0.2, 0.25) is 0 Å². The van der Waals surface area contributed by atoms with Crippen LogP contribution in [-0.4, -0.2) is 15.4 Å². The van der Waals surface area contributed by atoms with E-state index in [4.69, 9.17) is 11.6 Å². The molecule has 0 fully saturated rings. The number of halogens is 1. The predicted octanol–water partition coefficient (Wildman–Crippen LogP) is 1.61. The van der Waals surface area contributed by atoms with Crippen LogP contribution in [0.4, 0.5) is 0 Å². The van der Waals surface area contributed by atoms with E-state index in [0.717, 1.165) is 11.0 Å². The van der Waals surface area contributed by atoms with Crippen LogP contribution in [0.3, 0.4) is 0 Å². The van der Waals surface area contributed by atoms with Gasteiger partial charge in [-0.2, -0.15) is 15.4 Å². The fourth-order valence-electron chi connectivity index (χ4n) is 0.834. The Morgan fingerprint density at radius 3 is 2.82 bits per heavy atom. The van der Waals surface area contributed by atoms with Crippen molar-refractivity contribution in [3.8, 4) is 0 Å². The first-order valence-corrected chi connectivity index (χ1v) is 3.21. The van der Waals surface area contributed by atoms with Crippen molar-refractivity contribution in [2.24, 2.45) is 0 Å². The first-order valence-electron chi connectivity index (χ1n) is 2.83. The molecule has 5 heteroatoms. The quantitative estimate of drug-likeness (QED) is 0.681. The zero-order valence-electron chi connectivity index (χ0n) is 5.31. The van der Waals surface area contributed by atoms with Gasteiger partial charge in [-0.25, -0.2) is 0 Å². The van der Waals surface area contributed by atoms with E-state index in [1.165, 1.54) is 0 Å². The number of H-pyrrole nitrogens is 1. The minimum Gasteiger partial charge on any atom is -0.197 e. The first-order chi connectivity index (χ1) is 4.88. The average Bonchev–Trinajstić information content (AvgIpc) is 2.36. The zero-order valence-corrected chi connectivity index (χ0v) is 7.00. The number of para-hydroxylation sites is 1. The molecule has 0 aliphatic heterocycles. The van der Waals surface area contributed by atoms with Crippen LogP contribution in [-0.2, 0) is 17.1 Å². The molecule has 1 heterocycles. The Bertz CT molecular complexity index is 359. The SMILES string of the molecule is Clc1cccc2n[nH]nc12.[Cu]. The standard InChI is InChI=1S/C6H4ClN3.Cu/c7-4-2-1-3-5-6(4)9-10-8-5;/h1-3H,(H,8,9,10);. The van der Waals surface area contributed by atoms with Gasteiger partial charge in [0.1, 0.15) is 11.0 Å². The van der Waals surface area contributed by atoms with Crippen LogP contribution in [0, 0.1) is 0 Å². The van der Waals surface area contributed by atoms with Crippen LogP contribution in [0.5, 0.6) is 0 Å². The molecule has 0 unspecified atom stereocenters. The molecule has 1 aromatic carbocycles. The van der Waals surface area contributed by atoms with E-state index in [0.29, 0.717) is 5.02 Å². The number of hydrogen-bond donors (Lipinski definition) is 1. The van der Waals surface area contributed by atoms with E-state index in [2.05, 4.69) is 15.4 Å². The maximum Gasteiger partial charge on any atom is 0.131 e. The second-order valence-electron chi connectivity index (χ2n) is 1.93. The van der Waals surface area contributed by atoms with Crippen molar-refractivity contribution in [3.63, 3.8) is 0 Å². The molecule has 3 nitrogen and oxygen atoms in total. The number of aromatic amines is 1. The van der Waals surface area contributed by atoms with Gasteiger partial charge in [0, 0.05) is 17.1 Å². The number of aromatic nitrogens is 3. The minimum absolute atomic E-state index is 0. The van der Waals surface area contributed by atoms with Crippen LogP contribution in [0.25, 0.3) is 11.0 Å². The van der Waals surface area contributed by atoms with Crippen molar-refractivity contribution in [2.75, 3.05) is 0 Å². The Morgan fingerprint density at radius 2 is 2.09 bits per heavy atom.